The lowest BCUT2D eigenvalue weighted by Crippen LogP contribution is -2.53. The number of benzene rings is 1. The number of rotatable bonds is 11. The number of nitrogens with one attached hydrogen (secondary N) is 1. The van der Waals surface area contributed by atoms with E-state index in [1.54, 1.807) is 17.9 Å². The Morgan fingerprint density at radius 1 is 1.29 bits per heavy atom. The van der Waals surface area contributed by atoms with Crippen molar-refractivity contribution in [1.82, 2.24) is 10.2 Å². The maximum atomic E-state index is 15.5. The first-order valence-corrected chi connectivity index (χ1v) is 12.2. The fraction of sp³-hybridized carbons (Fsp3) is 0.542. The van der Waals surface area contributed by atoms with Crippen molar-refractivity contribution in [1.29, 1.82) is 0 Å². The van der Waals surface area contributed by atoms with Crippen LogP contribution in [0.1, 0.15) is 35.9 Å². The summed E-state index contributed by atoms with van der Waals surface area (Å²) in [6.07, 6.45) is -4.29. The number of furan rings is 1. The summed E-state index contributed by atoms with van der Waals surface area (Å²) in [4.78, 5) is 36.6. The number of nitrogen functional groups attached to an aromatic ring is 1. The molecule has 3 unspecified atom stereocenters. The number of carbonyl (C=O) groups excluding carboxylic acids is 1. The highest BCUT2D eigenvalue weighted by atomic mass is 35.5. The minimum atomic E-state index is -2.31. The number of piperidine rings is 1. The largest absolute Gasteiger partial charge is 0.479 e. The summed E-state index contributed by atoms with van der Waals surface area (Å²) >= 11 is 6.15. The Kier molecular flexibility index (Phi) is 8.89. The number of carbonyl (C=O) groups is 3. The molecule has 2 aromatic rings. The third kappa shape index (κ3) is 6.91. The van der Waals surface area contributed by atoms with Crippen LogP contribution in [0.2, 0.25) is 5.02 Å². The number of anilines is 1. The number of hydrogen-bond donors (Lipinski definition) is 6. The van der Waals surface area contributed by atoms with Crippen molar-refractivity contribution < 1.29 is 48.4 Å². The number of nitrogens with zero attached hydrogens (tertiary/aromatic N) is 1. The highest BCUT2D eigenvalue weighted by Gasteiger charge is 2.39. The number of carboxylic acids is 2. The summed E-state index contributed by atoms with van der Waals surface area (Å²) in [5.41, 5.74) is 3.31. The number of carboxylic acid groups (broad SMARTS) is 2. The molecule has 1 amide bonds. The van der Waals surface area contributed by atoms with Crippen LogP contribution in [-0.4, -0.2) is 99.4 Å². The molecule has 38 heavy (non-hydrogen) atoms. The van der Waals surface area contributed by atoms with Crippen molar-refractivity contribution in [2.75, 3.05) is 38.5 Å². The minimum absolute atomic E-state index is 0.0231. The molecule has 1 aromatic heterocycles. The first-order valence-electron chi connectivity index (χ1n) is 11.8. The zero-order valence-corrected chi connectivity index (χ0v) is 21.6. The molecule has 1 saturated heterocycles. The Bertz CT molecular complexity index is 1210. The number of nitrogens with two attached hydrogens (primary N) is 1. The highest BCUT2D eigenvalue weighted by Crippen LogP contribution is 2.34. The molecule has 3 atom stereocenters. The summed E-state index contributed by atoms with van der Waals surface area (Å²) in [6, 6.07) is 3.04. The molecule has 0 radical (unpaired) electrons. The normalized spacial score (nSPS) is 19.0. The van der Waals surface area contributed by atoms with Crippen molar-refractivity contribution in [2.24, 2.45) is 0 Å². The van der Waals surface area contributed by atoms with Crippen molar-refractivity contribution in [3.05, 3.63) is 28.5 Å². The van der Waals surface area contributed by atoms with Gasteiger partial charge in [0.1, 0.15) is 17.0 Å². The summed E-state index contributed by atoms with van der Waals surface area (Å²) < 4.78 is 26.0. The van der Waals surface area contributed by atoms with Crippen LogP contribution in [0.3, 0.4) is 0 Å². The number of fused-ring (bicyclic) bond motifs is 1. The van der Waals surface area contributed by atoms with Gasteiger partial charge in [0.05, 0.1) is 35.0 Å². The summed E-state index contributed by atoms with van der Waals surface area (Å²) in [5.74, 6) is -3.50. The number of halogens is 2. The summed E-state index contributed by atoms with van der Waals surface area (Å²) in [6.45, 7) is 2.63. The van der Waals surface area contributed by atoms with E-state index >= 15 is 4.39 Å². The van der Waals surface area contributed by atoms with Crippen LogP contribution in [0.5, 0.6) is 0 Å². The Morgan fingerprint density at radius 3 is 2.50 bits per heavy atom. The molecule has 0 spiro atoms. The van der Waals surface area contributed by atoms with Gasteiger partial charge in [-0.1, -0.05) is 11.6 Å². The summed E-state index contributed by atoms with van der Waals surface area (Å²) in [5, 5.41) is 41.3. The van der Waals surface area contributed by atoms with E-state index in [0.717, 1.165) is 0 Å². The molecule has 3 rings (SSSR count). The molecule has 12 nitrogen and oxygen atoms in total. The molecule has 1 aromatic carbocycles. The van der Waals surface area contributed by atoms with E-state index in [4.69, 9.17) is 36.7 Å². The van der Waals surface area contributed by atoms with Crippen LogP contribution >= 0.6 is 11.6 Å². The minimum Gasteiger partial charge on any atom is -0.479 e. The van der Waals surface area contributed by atoms with Crippen LogP contribution in [0.4, 0.5) is 10.1 Å². The molecule has 7 N–H and O–H groups in total. The van der Waals surface area contributed by atoms with Crippen molar-refractivity contribution in [3.63, 3.8) is 0 Å². The van der Waals surface area contributed by atoms with Gasteiger partial charge < -0.3 is 45.5 Å². The predicted molar refractivity (Wildman–Crippen MR) is 134 cm³/mol. The van der Waals surface area contributed by atoms with Crippen LogP contribution in [0.25, 0.3) is 11.0 Å². The molecule has 1 aliphatic heterocycles. The van der Waals surface area contributed by atoms with E-state index in [0.29, 0.717) is 11.1 Å². The van der Waals surface area contributed by atoms with E-state index in [2.05, 4.69) is 5.32 Å². The topological polar surface area (TPSA) is 196 Å². The number of aliphatic carboxylic acids is 2. The number of aliphatic hydroxyl groups excluding tert-OH is 1. The van der Waals surface area contributed by atoms with E-state index in [1.165, 1.54) is 13.0 Å². The fourth-order valence-corrected chi connectivity index (χ4v) is 4.54. The molecule has 0 aliphatic carbocycles. The van der Waals surface area contributed by atoms with Gasteiger partial charge in [0.25, 0.3) is 5.91 Å². The highest BCUT2D eigenvalue weighted by molar-refractivity contribution is 6.35. The lowest BCUT2D eigenvalue weighted by molar-refractivity contribution is -0.177. The average molecular weight is 560 g/mol. The third-order valence-electron chi connectivity index (χ3n) is 6.40. The number of β-amino-alcohol motifs (C(OH)–C–C–N with tert-alkyl or cyclic N) is 1. The zero-order chi connectivity index (χ0) is 28.4. The van der Waals surface area contributed by atoms with Gasteiger partial charge in [0, 0.05) is 25.0 Å². The van der Waals surface area contributed by atoms with Gasteiger partial charge in [-0.15, -0.1) is 0 Å². The number of ether oxygens (including phenoxy) is 1. The van der Waals surface area contributed by atoms with E-state index < -0.39 is 47.9 Å². The number of aliphatic hydroxyl groups is 2. The Hall–Kier alpha value is -2.97. The molecule has 2 heterocycles. The van der Waals surface area contributed by atoms with Gasteiger partial charge >= 0.3 is 11.9 Å². The monoisotopic (exact) mass is 559 g/mol. The second kappa shape index (κ2) is 11.4. The number of hydrogen-bond acceptors (Lipinski definition) is 9. The van der Waals surface area contributed by atoms with Crippen molar-refractivity contribution in [2.45, 2.75) is 50.2 Å². The maximum absolute atomic E-state index is 15.5. The second-order valence-electron chi connectivity index (χ2n) is 9.88. The van der Waals surface area contributed by atoms with E-state index in [-0.39, 0.29) is 60.9 Å². The van der Waals surface area contributed by atoms with Gasteiger partial charge in [-0.05, 0) is 38.8 Å². The standard InChI is InChI=1S/C24H31ClFN3O9/c1-12-7-13-16(27)15(25)8-14(18(13)38-12)20(31)28-9-24(26)3-5-29(6-4-24)10-23(2,36)11-37-19(22(34)35)17(30)21(32)33/h7-8,17,19,30,36H,3-6,9-11,27H2,1-2H3,(H,28,31)(H,32,33)(H,34,35). The van der Waals surface area contributed by atoms with Gasteiger partial charge in [0.15, 0.2) is 12.2 Å². The smallest absolute Gasteiger partial charge is 0.336 e. The van der Waals surface area contributed by atoms with Crippen molar-refractivity contribution in [3.8, 4) is 0 Å². The fourth-order valence-electron chi connectivity index (χ4n) is 4.33. The maximum Gasteiger partial charge on any atom is 0.336 e. The summed E-state index contributed by atoms with van der Waals surface area (Å²) in [7, 11) is 0. The molecule has 1 fully saturated rings. The molecule has 14 heteroatoms. The molecular formula is C24H31ClFN3O9. The van der Waals surface area contributed by atoms with Crippen LogP contribution in [-0.2, 0) is 14.3 Å². The molecular weight excluding hydrogens is 529 g/mol. The lowest BCUT2D eigenvalue weighted by Gasteiger charge is -2.39. The number of aryl methyl sites for hydroxylation is 1. The molecule has 0 saturated carbocycles. The molecule has 1 aliphatic rings. The lowest BCUT2D eigenvalue weighted by atomic mass is 9.92. The van der Waals surface area contributed by atoms with Crippen LogP contribution < -0.4 is 11.1 Å². The van der Waals surface area contributed by atoms with Crippen LogP contribution in [0.15, 0.2) is 16.5 Å². The second-order valence-corrected chi connectivity index (χ2v) is 10.3. The third-order valence-corrected chi connectivity index (χ3v) is 6.71. The van der Waals surface area contributed by atoms with Gasteiger partial charge in [0.2, 0.25) is 0 Å². The number of alkyl halides is 1. The van der Waals surface area contributed by atoms with E-state index in [9.17, 15) is 24.6 Å². The Labute approximate surface area is 222 Å². The first kappa shape index (κ1) is 29.6. The van der Waals surface area contributed by atoms with Gasteiger partial charge in [-0.2, -0.15) is 0 Å². The Morgan fingerprint density at radius 2 is 1.92 bits per heavy atom. The Balaban J connectivity index is 1.54. The first-order chi connectivity index (χ1) is 17.6. The number of likely N-dealkylation sites (tertiary alicyclic amines) is 1. The SMILES string of the molecule is Cc1cc2c(N)c(Cl)cc(C(=O)NCC3(F)CCN(CC(C)(O)COC(C(=O)O)C(O)C(=O)O)CC3)c2o1. The van der Waals surface area contributed by atoms with E-state index in [1.807, 2.05) is 0 Å². The van der Waals surface area contributed by atoms with Crippen LogP contribution in [0, 0.1) is 6.92 Å². The van der Waals surface area contributed by atoms with Crippen molar-refractivity contribution >= 4 is 46.1 Å². The molecule has 210 valence electrons. The zero-order valence-electron chi connectivity index (χ0n) is 20.9. The molecule has 0 bridgehead atoms. The number of amides is 1. The quantitative estimate of drug-likeness (QED) is 0.216. The predicted octanol–water partition coefficient (Wildman–Crippen LogP) is 1.18. The van der Waals surface area contributed by atoms with Gasteiger partial charge in [-0.25, -0.2) is 14.0 Å². The van der Waals surface area contributed by atoms with Gasteiger partial charge in [-0.3, -0.25) is 4.79 Å². The average Bonchev–Trinajstić information content (AvgIpc) is 3.23.